The van der Waals surface area contributed by atoms with Gasteiger partial charge in [0.25, 0.3) is 0 Å². The molecule has 0 saturated carbocycles. The summed E-state index contributed by atoms with van der Waals surface area (Å²) in [7, 11) is 0. The maximum Gasteiger partial charge on any atom is -0.000219 e. The zero-order valence-electron chi connectivity index (χ0n) is 7.86. The van der Waals surface area contributed by atoms with Crippen LogP contribution >= 0.6 is 22.6 Å². The van der Waals surface area contributed by atoms with Crippen molar-refractivity contribution in [1.82, 2.24) is 0 Å². The fraction of sp³-hybridized carbons (Fsp3) is 0.800. The van der Waals surface area contributed by atoms with Crippen LogP contribution in [0.3, 0.4) is 0 Å². The van der Waals surface area contributed by atoms with Gasteiger partial charge in [-0.25, -0.2) is 0 Å². The third-order valence-electron chi connectivity index (χ3n) is 1.81. The molecule has 0 aliphatic carbocycles. The molecule has 1 heteroatoms. The van der Waals surface area contributed by atoms with Crippen molar-refractivity contribution in [2.75, 3.05) is 4.43 Å². The van der Waals surface area contributed by atoms with Crippen LogP contribution in [0.4, 0.5) is 0 Å². The zero-order valence-corrected chi connectivity index (χ0v) is 10.0. The van der Waals surface area contributed by atoms with Gasteiger partial charge in [0.15, 0.2) is 0 Å². The van der Waals surface area contributed by atoms with Gasteiger partial charge < -0.3 is 0 Å². The molecule has 0 aliphatic heterocycles. The van der Waals surface area contributed by atoms with Gasteiger partial charge in [-0.2, -0.15) is 0 Å². The van der Waals surface area contributed by atoms with Crippen LogP contribution in [0.25, 0.3) is 0 Å². The Morgan fingerprint density at radius 2 is 2.00 bits per heavy atom. The number of rotatable bonds is 5. The lowest BCUT2D eigenvalue weighted by Gasteiger charge is -2.06. The Bertz CT molecular complexity index is 112. The SMILES string of the molecule is CC(C)=CCC[C@@H](C)CCI. The van der Waals surface area contributed by atoms with Gasteiger partial charge in [0.1, 0.15) is 0 Å². The van der Waals surface area contributed by atoms with E-state index >= 15 is 0 Å². The molecule has 0 unspecified atom stereocenters. The molecule has 0 aliphatic rings. The van der Waals surface area contributed by atoms with Gasteiger partial charge in [-0.1, -0.05) is 41.2 Å². The van der Waals surface area contributed by atoms with Gasteiger partial charge in [0.05, 0.1) is 0 Å². The molecule has 0 N–H and O–H groups in total. The Kier molecular flexibility index (Phi) is 7.44. The summed E-state index contributed by atoms with van der Waals surface area (Å²) in [5.74, 6) is 0.905. The second kappa shape index (κ2) is 7.14. The monoisotopic (exact) mass is 266 g/mol. The average molecular weight is 266 g/mol. The minimum absolute atomic E-state index is 0.905. The Morgan fingerprint density at radius 3 is 2.45 bits per heavy atom. The Labute approximate surface area is 84.6 Å². The minimum atomic E-state index is 0.905. The maximum atomic E-state index is 2.45. The van der Waals surface area contributed by atoms with Crippen molar-refractivity contribution in [2.45, 2.75) is 40.0 Å². The van der Waals surface area contributed by atoms with E-state index in [2.05, 4.69) is 49.4 Å². The molecule has 0 radical (unpaired) electrons. The quantitative estimate of drug-likeness (QED) is 0.397. The lowest BCUT2D eigenvalue weighted by molar-refractivity contribution is 0.528. The molecular weight excluding hydrogens is 247 g/mol. The fourth-order valence-electron chi connectivity index (χ4n) is 0.987. The van der Waals surface area contributed by atoms with Crippen molar-refractivity contribution in [1.29, 1.82) is 0 Å². The predicted octanol–water partition coefficient (Wildman–Crippen LogP) is 4.19. The molecular formula is C10H19I. The van der Waals surface area contributed by atoms with Crippen molar-refractivity contribution in [2.24, 2.45) is 5.92 Å². The first kappa shape index (κ1) is 11.5. The van der Waals surface area contributed by atoms with E-state index in [0.717, 1.165) is 5.92 Å². The van der Waals surface area contributed by atoms with Gasteiger partial charge in [-0.15, -0.1) is 0 Å². The van der Waals surface area contributed by atoms with Crippen LogP contribution in [0.1, 0.15) is 40.0 Å². The number of hydrogen-bond donors (Lipinski definition) is 0. The van der Waals surface area contributed by atoms with E-state index in [0.29, 0.717) is 0 Å². The Morgan fingerprint density at radius 1 is 1.36 bits per heavy atom. The number of halogens is 1. The highest BCUT2D eigenvalue weighted by Crippen LogP contribution is 2.12. The molecule has 0 rings (SSSR count). The Hall–Kier alpha value is 0.470. The molecule has 0 fully saturated rings. The third-order valence-corrected chi connectivity index (χ3v) is 2.44. The van der Waals surface area contributed by atoms with E-state index in [9.17, 15) is 0 Å². The molecule has 0 saturated heterocycles. The van der Waals surface area contributed by atoms with Crippen LogP contribution in [-0.4, -0.2) is 4.43 Å². The highest BCUT2D eigenvalue weighted by atomic mass is 127. The first-order valence-corrected chi connectivity index (χ1v) is 5.88. The molecule has 0 spiro atoms. The number of hydrogen-bond acceptors (Lipinski definition) is 0. The summed E-state index contributed by atoms with van der Waals surface area (Å²) in [5.41, 5.74) is 1.45. The molecule has 0 nitrogen and oxygen atoms in total. The van der Waals surface area contributed by atoms with Crippen molar-refractivity contribution in [3.05, 3.63) is 11.6 Å². The van der Waals surface area contributed by atoms with Gasteiger partial charge in [-0.05, 0) is 43.5 Å². The largest absolute Gasteiger partial charge is 0.0864 e. The molecule has 0 aromatic carbocycles. The lowest BCUT2D eigenvalue weighted by Crippen LogP contribution is -1.93. The molecule has 0 heterocycles. The van der Waals surface area contributed by atoms with Crippen LogP contribution < -0.4 is 0 Å². The highest BCUT2D eigenvalue weighted by Gasteiger charge is 1.98. The van der Waals surface area contributed by atoms with Crippen LogP contribution in [-0.2, 0) is 0 Å². The molecule has 11 heavy (non-hydrogen) atoms. The van der Waals surface area contributed by atoms with Crippen molar-refractivity contribution < 1.29 is 0 Å². The van der Waals surface area contributed by atoms with E-state index in [1.807, 2.05) is 0 Å². The van der Waals surface area contributed by atoms with E-state index in [1.54, 1.807) is 0 Å². The van der Waals surface area contributed by atoms with Gasteiger partial charge in [-0.3, -0.25) is 0 Å². The first-order chi connectivity index (χ1) is 5.16. The second-order valence-electron chi connectivity index (χ2n) is 3.44. The summed E-state index contributed by atoms with van der Waals surface area (Å²) in [6.07, 6.45) is 6.33. The molecule has 0 aromatic heterocycles. The van der Waals surface area contributed by atoms with Crippen molar-refractivity contribution >= 4 is 22.6 Å². The van der Waals surface area contributed by atoms with Crippen molar-refractivity contribution in [3.63, 3.8) is 0 Å². The van der Waals surface area contributed by atoms with E-state index < -0.39 is 0 Å². The maximum absolute atomic E-state index is 2.45. The van der Waals surface area contributed by atoms with Crippen LogP contribution in [0.2, 0.25) is 0 Å². The van der Waals surface area contributed by atoms with Gasteiger partial charge in [0, 0.05) is 0 Å². The highest BCUT2D eigenvalue weighted by molar-refractivity contribution is 14.1. The van der Waals surface area contributed by atoms with Crippen LogP contribution in [0, 0.1) is 5.92 Å². The van der Waals surface area contributed by atoms with Crippen molar-refractivity contribution in [3.8, 4) is 0 Å². The summed E-state index contributed by atoms with van der Waals surface area (Å²) in [5, 5.41) is 0. The van der Waals surface area contributed by atoms with E-state index in [1.165, 1.54) is 29.3 Å². The summed E-state index contributed by atoms with van der Waals surface area (Å²) < 4.78 is 1.30. The second-order valence-corrected chi connectivity index (χ2v) is 4.52. The minimum Gasteiger partial charge on any atom is -0.0864 e. The van der Waals surface area contributed by atoms with Crippen LogP contribution in [0.15, 0.2) is 11.6 Å². The average Bonchev–Trinajstić information content (AvgIpc) is 1.87. The first-order valence-electron chi connectivity index (χ1n) is 4.36. The third kappa shape index (κ3) is 8.38. The summed E-state index contributed by atoms with van der Waals surface area (Å²) in [6.45, 7) is 6.68. The molecule has 0 bridgehead atoms. The van der Waals surface area contributed by atoms with Gasteiger partial charge >= 0.3 is 0 Å². The number of allylic oxidation sites excluding steroid dienone is 2. The molecule has 0 amide bonds. The summed E-state index contributed by atoms with van der Waals surface area (Å²) in [4.78, 5) is 0. The Balaban J connectivity index is 3.31. The van der Waals surface area contributed by atoms with E-state index in [4.69, 9.17) is 0 Å². The summed E-state index contributed by atoms with van der Waals surface area (Å²) >= 11 is 2.45. The molecule has 66 valence electrons. The molecule has 0 aromatic rings. The van der Waals surface area contributed by atoms with Crippen LogP contribution in [0.5, 0.6) is 0 Å². The fourth-order valence-corrected chi connectivity index (χ4v) is 2.05. The molecule has 1 atom stereocenters. The van der Waals surface area contributed by atoms with E-state index in [-0.39, 0.29) is 0 Å². The van der Waals surface area contributed by atoms with Gasteiger partial charge in [0.2, 0.25) is 0 Å². The number of alkyl halides is 1. The normalized spacial score (nSPS) is 12.7. The topological polar surface area (TPSA) is 0 Å². The zero-order chi connectivity index (χ0) is 8.69. The predicted molar refractivity (Wildman–Crippen MR) is 61.3 cm³/mol. The standard InChI is InChI=1S/C10H19I/c1-9(2)5-4-6-10(3)7-8-11/h5,10H,4,6-8H2,1-3H3/t10-/m1/s1. The summed E-state index contributed by atoms with van der Waals surface area (Å²) in [6, 6.07) is 0. The smallest absolute Gasteiger partial charge is 0.000219 e. The lowest BCUT2D eigenvalue weighted by atomic mass is 10.0.